The number of halogens is 2. The van der Waals surface area contributed by atoms with Crippen molar-refractivity contribution in [2.24, 2.45) is 0 Å². The van der Waals surface area contributed by atoms with Crippen molar-refractivity contribution < 1.29 is 22.3 Å². The third-order valence-electron chi connectivity index (χ3n) is 2.37. The van der Waals surface area contributed by atoms with Gasteiger partial charge >= 0.3 is 5.97 Å². The molecule has 0 fully saturated rings. The second-order valence-corrected chi connectivity index (χ2v) is 7.88. The van der Waals surface area contributed by atoms with E-state index < -0.39 is 34.0 Å². The molecule has 5 nitrogen and oxygen atoms in total. The van der Waals surface area contributed by atoms with Gasteiger partial charge in [0.05, 0.1) is 9.92 Å². The van der Waals surface area contributed by atoms with Gasteiger partial charge in [0.15, 0.2) is 0 Å². The number of rotatable bonds is 4. The van der Waals surface area contributed by atoms with Gasteiger partial charge in [-0.3, -0.25) is 4.79 Å². The van der Waals surface area contributed by atoms with E-state index >= 15 is 0 Å². The van der Waals surface area contributed by atoms with Crippen LogP contribution in [-0.2, 0) is 19.6 Å². The van der Waals surface area contributed by atoms with Crippen molar-refractivity contribution in [2.75, 3.05) is 13.6 Å². The van der Waals surface area contributed by atoms with Gasteiger partial charge in [-0.1, -0.05) is 11.6 Å². The molecule has 0 N–H and O–H groups in total. The average molecular weight is 338 g/mol. The van der Waals surface area contributed by atoms with Gasteiger partial charge in [-0.25, -0.2) is 12.8 Å². The van der Waals surface area contributed by atoms with Crippen LogP contribution in [0.4, 0.5) is 4.39 Å². The summed E-state index contributed by atoms with van der Waals surface area (Å²) in [5, 5.41) is -0.304. The van der Waals surface area contributed by atoms with Gasteiger partial charge in [-0.05, 0) is 39.0 Å². The quantitative estimate of drug-likeness (QED) is 0.792. The molecule has 0 amide bonds. The van der Waals surface area contributed by atoms with E-state index in [9.17, 15) is 17.6 Å². The molecule has 0 saturated carbocycles. The zero-order chi connectivity index (χ0) is 16.4. The molecule has 1 rings (SSSR count). The van der Waals surface area contributed by atoms with Crippen LogP contribution >= 0.6 is 11.6 Å². The summed E-state index contributed by atoms with van der Waals surface area (Å²) in [7, 11) is -2.71. The van der Waals surface area contributed by atoms with E-state index in [4.69, 9.17) is 16.3 Å². The summed E-state index contributed by atoms with van der Waals surface area (Å²) in [6.45, 7) is 4.59. The molecule has 8 heteroatoms. The van der Waals surface area contributed by atoms with E-state index in [1.54, 1.807) is 20.8 Å². The summed E-state index contributed by atoms with van der Waals surface area (Å²) in [5.74, 6) is -1.40. The molecule has 0 aliphatic rings. The Balaban J connectivity index is 2.92. The van der Waals surface area contributed by atoms with Crippen LogP contribution in [0.1, 0.15) is 20.8 Å². The maximum absolute atomic E-state index is 13.1. The number of carbonyl (C=O) groups is 1. The smallest absolute Gasteiger partial charge is 0.321 e. The largest absolute Gasteiger partial charge is 0.459 e. The molecule has 118 valence electrons. The second-order valence-electron chi connectivity index (χ2n) is 5.42. The molecule has 0 atom stereocenters. The maximum atomic E-state index is 13.1. The van der Waals surface area contributed by atoms with Crippen LogP contribution < -0.4 is 0 Å². The Hall–Kier alpha value is -1.18. The zero-order valence-corrected chi connectivity index (χ0v) is 13.8. The number of carbonyl (C=O) groups excluding carboxylic acids is 1. The minimum absolute atomic E-state index is 0.194. The van der Waals surface area contributed by atoms with Crippen molar-refractivity contribution >= 4 is 27.6 Å². The van der Waals surface area contributed by atoms with E-state index in [-0.39, 0.29) is 9.92 Å². The van der Waals surface area contributed by atoms with Gasteiger partial charge in [-0.15, -0.1) is 0 Å². The lowest BCUT2D eigenvalue weighted by atomic mass is 10.2. The Labute approximate surface area is 128 Å². The highest BCUT2D eigenvalue weighted by Crippen LogP contribution is 2.21. The number of nitrogens with zero attached hydrogens (tertiary/aromatic N) is 1. The summed E-state index contributed by atoms with van der Waals surface area (Å²) in [6, 6.07) is 3.04. The Kier molecular flexibility index (Phi) is 5.35. The molecule has 0 aliphatic carbocycles. The first-order valence-electron chi connectivity index (χ1n) is 6.07. The molecule has 0 aromatic heterocycles. The topological polar surface area (TPSA) is 63.7 Å². The third kappa shape index (κ3) is 4.94. The molecule has 21 heavy (non-hydrogen) atoms. The second kappa shape index (κ2) is 6.29. The first-order chi connectivity index (χ1) is 9.43. The fourth-order valence-electron chi connectivity index (χ4n) is 1.46. The lowest BCUT2D eigenvalue weighted by Gasteiger charge is -2.22. The standard InChI is InChI=1S/C13H17ClFNO4S/c1-13(2,3)20-12(17)8-16(4)21(18,19)9-5-6-11(15)10(14)7-9/h5-7H,8H2,1-4H3. The van der Waals surface area contributed by atoms with Gasteiger partial charge in [0.1, 0.15) is 18.0 Å². The number of sulfonamides is 1. The third-order valence-corrected chi connectivity index (χ3v) is 4.46. The molecule has 0 heterocycles. The van der Waals surface area contributed by atoms with Crippen LogP contribution in [0.15, 0.2) is 23.1 Å². The van der Waals surface area contributed by atoms with E-state index in [1.807, 2.05) is 0 Å². The molecule has 0 radical (unpaired) electrons. The highest BCUT2D eigenvalue weighted by Gasteiger charge is 2.26. The molecule has 0 unspecified atom stereocenters. The maximum Gasteiger partial charge on any atom is 0.321 e. The van der Waals surface area contributed by atoms with Gasteiger partial charge in [-0.2, -0.15) is 4.31 Å². The van der Waals surface area contributed by atoms with Gasteiger partial charge in [0.25, 0.3) is 0 Å². The summed E-state index contributed by atoms with van der Waals surface area (Å²) < 4.78 is 43.4. The lowest BCUT2D eigenvalue weighted by Crippen LogP contribution is -2.36. The van der Waals surface area contributed by atoms with Crippen LogP contribution in [0, 0.1) is 5.82 Å². The summed E-state index contributed by atoms with van der Waals surface area (Å²) in [5.41, 5.74) is -0.707. The molecule has 0 aliphatic heterocycles. The van der Waals surface area contributed by atoms with E-state index in [0.717, 1.165) is 22.5 Å². The van der Waals surface area contributed by atoms with E-state index in [0.29, 0.717) is 0 Å². The molecule has 1 aromatic carbocycles. The molecule has 0 saturated heterocycles. The Morgan fingerprint density at radius 1 is 1.38 bits per heavy atom. The normalized spacial score (nSPS) is 12.5. The van der Waals surface area contributed by atoms with Crippen molar-refractivity contribution in [1.29, 1.82) is 0 Å². The molecule has 0 spiro atoms. The van der Waals surface area contributed by atoms with E-state index in [2.05, 4.69) is 0 Å². The monoisotopic (exact) mass is 337 g/mol. The molecular weight excluding hydrogens is 321 g/mol. The number of ether oxygens (including phenoxy) is 1. The molecule has 1 aromatic rings. The molecular formula is C13H17ClFNO4S. The van der Waals surface area contributed by atoms with Crippen molar-refractivity contribution in [3.8, 4) is 0 Å². The fraction of sp³-hybridized carbons (Fsp3) is 0.462. The van der Waals surface area contributed by atoms with Crippen LogP contribution in [0.2, 0.25) is 5.02 Å². The summed E-state index contributed by atoms with van der Waals surface area (Å²) in [4.78, 5) is 11.5. The summed E-state index contributed by atoms with van der Waals surface area (Å²) >= 11 is 5.57. The van der Waals surface area contributed by atoms with Crippen LogP contribution in [0.25, 0.3) is 0 Å². The van der Waals surface area contributed by atoms with Gasteiger partial charge in [0.2, 0.25) is 10.0 Å². The summed E-state index contributed by atoms with van der Waals surface area (Å²) in [6.07, 6.45) is 0. The Bertz CT molecular complexity index is 640. The minimum atomic E-state index is -3.95. The van der Waals surface area contributed by atoms with Crippen molar-refractivity contribution in [2.45, 2.75) is 31.3 Å². The highest BCUT2D eigenvalue weighted by molar-refractivity contribution is 7.89. The first kappa shape index (κ1) is 17.9. The fourth-order valence-corrected chi connectivity index (χ4v) is 2.85. The number of likely N-dealkylation sites (N-methyl/N-ethyl adjacent to an activating group) is 1. The minimum Gasteiger partial charge on any atom is -0.459 e. The van der Waals surface area contributed by atoms with Crippen molar-refractivity contribution in [3.05, 3.63) is 29.0 Å². The van der Waals surface area contributed by atoms with Crippen molar-refractivity contribution in [3.63, 3.8) is 0 Å². The van der Waals surface area contributed by atoms with Crippen molar-refractivity contribution in [1.82, 2.24) is 4.31 Å². The SMILES string of the molecule is CN(CC(=O)OC(C)(C)C)S(=O)(=O)c1ccc(F)c(Cl)c1. The zero-order valence-electron chi connectivity index (χ0n) is 12.2. The average Bonchev–Trinajstić information content (AvgIpc) is 2.29. The van der Waals surface area contributed by atoms with E-state index in [1.165, 1.54) is 7.05 Å². The van der Waals surface area contributed by atoms with Crippen LogP contribution in [0.3, 0.4) is 0 Å². The lowest BCUT2D eigenvalue weighted by molar-refractivity contribution is -0.154. The number of benzene rings is 1. The Morgan fingerprint density at radius 2 is 1.95 bits per heavy atom. The van der Waals surface area contributed by atoms with Crippen LogP contribution in [0.5, 0.6) is 0 Å². The number of esters is 1. The number of hydrogen-bond acceptors (Lipinski definition) is 4. The first-order valence-corrected chi connectivity index (χ1v) is 7.88. The van der Waals surface area contributed by atoms with Gasteiger partial charge < -0.3 is 4.74 Å². The number of hydrogen-bond donors (Lipinski definition) is 0. The van der Waals surface area contributed by atoms with Gasteiger partial charge in [0, 0.05) is 7.05 Å². The van der Waals surface area contributed by atoms with Crippen LogP contribution in [-0.4, -0.2) is 37.9 Å². The predicted molar refractivity (Wildman–Crippen MR) is 77.1 cm³/mol. The Morgan fingerprint density at radius 3 is 2.43 bits per heavy atom. The highest BCUT2D eigenvalue weighted by atomic mass is 35.5. The predicted octanol–water partition coefficient (Wildman–Crippen LogP) is 2.44. The molecule has 0 bridgehead atoms.